The zero-order chi connectivity index (χ0) is 13.7. The van der Waals surface area contributed by atoms with E-state index in [1.165, 1.54) is 5.56 Å². The van der Waals surface area contributed by atoms with Gasteiger partial charge in [-0.2, -0.15) is 0 Å². The Morgan fingerprint density at radius 1 is 1.11 bits per heavy atom. The van der Waals surface area contributed by atoms with Gasteiger partial charge < -0.3 is 5.32 Å². The van der Waals surface area contributed by atoms with Crippen LogP contribution in [0, 0.1) is 12.8 Å². The molecule has 0 saturated carbocycles. The third-order valence-corrected chi connectivity index (χ3v) is 2.88. The van der Waals surface area contributed by atoms with Crippen molar-refractivity contribution in [2.45, 2.75) is 27.3 Å². The van der Waals surface area contributed by atoms with Crippen LogP contribution in [-0.4, -0.2) is 16.5 Å². The normalized spacial score (nSPS) is 10.9. The van der Waals surface area contributed by atoms with Crippen LogP contribution in [0.5, 0.6) is 0 Å². The summed E-state index contributed by atoms with van der Waals surface area (Å²) in [4.78, 5) is 8.94. The number of hydrogen-bond donors (Lipinski definition) is 1. The molecule has 3 heteroatoms. The molecule has 19 heavy (non-hydrogen) atoms. The monoisotopic (exact) mass is 255 g/mol. The molecule has 0 amide bonds. The minimum Gasteiger partial charge on any atom is -0.311 e. The van der Waals surface area contributed by atoms with E-state index in [2.05, 4.69) is 60.3 Å². The number of aryl methyl sites for hydroxylation is 1. The standard InChI is InChI=1S/C16H21N3/c1-12(2)10-17-11-15-8-9-18-16(19-15)14-6-4-13(3)5-7-14/h4-9,12,17H,10-11H2,1-3H3. The summed E-state index contributed by atoms with van der Waals surface area (Å²) in [6, 6.07) is 10.3. The second-order valence-electron chi connectivity index (χ2n) is 5.26. The molecule has 0 radical (unpaired) electrons. The summed E-state index contributed by atoms with van der Waals surface area (Å²) in [5.74, 6) is 1.45. The van der Waals surface area contributed by atoms with Gasteiger partial charge in [-0.3, -0.25) is 0 Å². The van der Waals surface area contributed by atoms with Gasteiger partial charge in [0.05, 0.1) is 5.69 Å². The molecule has 0 aliphatic rings. The van der Waals surface area contributed by atoms with E-state index >= 15 is 0 Å². The average molecular weight is 255 g/mol. The molecular weight excluding hydrogens is 234 g/mol. The Hall–Kier alpha value is -1.74. The Bertz CT molecular complexity index is 518. The van der Waals surface area contributed by atoms with E-state index in [0.29, 0.717) is 5.92 Å². The van der Waals surface area contributed by atoms with E-state index in [0.717, 1.165) is 30.2 Å². The van der Waals surface area contributed by atoms with E-state index in [9.17, 15) is 0 Å². The van der Waals surface area contributed by atoms with E-state index in [-0.39, 0.29) is 0 Å². The van der Waals surface area contributed by atoms with Crippen LogP contribution in [-0.2, 0) is 6.54 Å². The average Bonchev–Trinajstić information content (AvgIpc) is 2.39. The second kappa shape index (κ2) is 6.43. The molecule has 1 aromatic heterocycles. The maximum absolute atomic E-state index is 4.60. The van der Waals surface area contributed by atoms with Crippen LogP contribution >= 0.6 is 0 Å². The first-order chi connectivity index (χ1) is 9.15. The number of nitrogens with zero attached hydrogens (tertiary/aromatic N) is 2. The van der Waals surface area contributed by atoms with Gasteiger partial charge in [0.1, 0.15) is 0 Å². The fraction of sp³-hybridized carbons (Fsp3) is 0.375. The third kappa shape index (κ3) is 4.14. The van der Waals surface area contributed by atoms with Gasteiger partial charge in [-0.05, 0) is 25.5 Å². The summed E-state index contributed by atoms with van der Waals surface area (Å²) < 4.78 is 0. The van der Waals surface area contributed by atoms with Crippen molar-refractivity contribution < 1.29 is 0 Å². The minimum absolute atomic E-state index is 0.651. The van der Waals surface area contributed by atoms with Crippen LogP contribution in [0.2, 0.25) is 0 Å². The quantitative estimate of drug-likeness (QED) is 0.891. The summed E-state index contributed by atoms with van der Waals surface area (Å²) in [6.45, 7) is 8.27. The molecule has 0 bridgehead atoms. The first-order valence-corrected chi connectivity index (χ1v) is 6.75. The summed E-state index contributed by atoms with van der Waals surface area (Å²) in [5.41, 5.74) is 3.35. The Labute approximate surface area is 115 Å². The number of aromatic nitrogens is 2. The highest BCUT2D eigenvalue weighted by molar-refractivity contribution is 5.55. The predicted molar refractivity (Wildman–Crippen MR) is 78.7 cm³/mol. The molecule has 100 valence electrons. The van der Waals surface area contributed by atoms with E-state index in [4.69, 9.17) is 0 Å². The number of hydrogen-bond acceptors (Lipinski definition) is 3. The van der Waals surface area contributed by atoms with Crippen LogP contribution in [0.3, 0.4) is 0 Å². The lowest BCUT2D eigenvalue weighted by Gasteiger charge is -2.08. The van der Waals surface area contributed by atoms with Crippen molar-refractivity contribution in [1.82, 2.24) is 15.3 Å². The van der Waals surface area contributed by atoms with E-state index in [1.54, 1.807) is 0 Å². The van der Waals surface area contributed by atoms with Crippen molar-refractivity contribution in [2.24, 2.45) is 5.92 Å². The number of benzene rings is 1. The predicted octanol–water partition coefficient (Wildman–Crippen LogP) is 3.20. The molecule has 2 rings (SSSR count). The van der Waals surface area contributed by atoms with Crippen molar-refractivity contribution in [3.8, 4) is 11.4 Å². The fourth-order valence-corrected chi connectivity index (χ4v) is 1.83. The lowest BCUT2D eigenvalue weighted by molar-refractivity contribution is 0.548. The molecular formula is C16H21N3. The van der Waals surface area contributed by atoms with Gasteiger partial charge in [-0.25, -0.2) is 9.97 Å². The topological polar surface area (TPSA) is 37.8 Å². The molecule has 3 nitrogen and oxygen atoms in total. The van der Waals surface area contributed by atoms with Crippen molar-refractivity contribution in [1.29, 1.82) is 0 Å². The van der Waals surface area contributed by atoms with Crippen molar-refractivity contribution in [3.05, 3.63) is 47.8 Å². The smallest absolute Gasteiger partial charge is 0.159 e. The number of nitrogens with one attached hydrogen (secondary N) is 1. The Morgan fingerprint density at radius 2 is 1.84 bits per heavy atom. The van der Waals surface area contributed by atoms with Crippen LogP contribution in [0.1, 0.15) is 25.1 Å². The molecule has 0 spiro atoms. The summed E-state index contributed by atoms with van der Waals surface area (Å²) in [5, 5.41) is 3.40. The van der Waals surface area contributed by atoms with Gasteiger partial charge in [0, 0.05) is 18.3 Å². The molecule has 0 saturated heterocycles. The SMILES string of the molecule is Cc1ccc(-c2nccc(CNCC(C)C)n2)cc1. The van der Waals surface area contributed by atoms with E-state index < -0.39 is 0 Å². The maximum Gasteiger partial charge on any atom is 0.159 e. The minimum atomic E-state index is 0.651. The van der Waals surface area contributed by atoms with Gasteiger partial charge in [0.25, 0.3) is 0 Å². The van der Waals surface area contributed by atoms with Crippen molar-refractivity contribution in [2.75, 3.05) is 6.54 Å². The first kappa shape index (κ1) is 13.7. The maximum atomic E-state index is 4.60. The molecule has 0 atom stereocenters. The lowest BCUT2D eigenvalue weighted by Crippen LogP contribution is -2.19. The zero-order valence-corrected chi connectivity index (χ0v) is 11.9. The molecule has 0 fully saturated rings. The highest BCUT2D eigenvalue weighted by Gasteiger charge is 2.02. The van der Waals surface area contributed by atoms with Crippen LogP contribution in [0.25, 0.3) is 11.4 Å². The molecule has 0 aliphatic carbocycles. The van der Waals surface area contributed by atoms with Gasteiger partial charge >= 0.3 is 0 Å². The first-order valence-electron chi connectivity index (χ1n) is 6.75. The van der Waals surface area contributed by atoms with Gasteiger partial charge in [0.15, 0.2) is 5.82 Å². The van der Waals surface area contributed by atoms with Gasteiger partial charge in [0.2, 0.25) is 0 Å². The molecule has 1 aromatic carbocycles. The lowest BCUT2D eigenvalue weighted by atomic mass is 10.1. The Morgan fingerprint density at radius 3 is 2.53 bits per heavy atom. The van der Waals surface area contributed by atoms with Crippen LogP contribution < -0.4 is 5.32 Å². The Balaban J connectivity index is 2.08. The van der Waals surface area contributed by atoms with Crippen molar-refractivity contribution in [3.63, 3.8) is 0 Å². The molecule has 0 unspecified atom stereocenters. The summed E-state index contributed by atoms with van der Waals surface area (Å²) in [6.07, 6.45) is 1.83. The van der Waals surface area contributed by atoms with Crippen LogP contribution in [0.15, 0.2) is 36.5 Å². The largest absolute Gasteiger partial charge is 0.311 e. The number of rotatable bonds is 5. The highest BCUT2D eigenvalue weighted by atomic mass is 14.9. The fourth-order valence-electron chi connectivity index (χ4n) is 1.83. The summed E-state index contributed by atoms with van der Waals surface area (Å²) in [7, 11) is 0. The zero-order valence-electron chi connectivity index (χ0n) is 11.9. The second-order valence-corrected chi connectivity index (χ2v) is 5.26. The van der Waals surface area contributed by atoms with Gasteiger partial charge in [-0.15, -0.1) is 0 Å². The molecule has 1 heterocycles. The van der Waals surface area contributed by atoms with E-state index in [1.807, 2.05) is 12.3 Å². The Kier molecular flexibility index (Phi) is 4.63. The van der Waals surface area contributed by atoms with Gasteiger partial charge in [-0.1, -0.05) is 43.7 Å². The van der Waals surface area contributed by atoms with Crippen LogP contribution in [0.4, 0.5) is 0 Å². The molecule has 1 N–H and O–H groups in total. The molecule has 2 aromatic rings. The highest BCUT2D eigenvalue weighted by Crippen LogP contribution is 2.15. The molecule has 0 aliphatic heterocycles. The third-order valence-electron chi connectivity index (χ3n) is 2.88. The summed E-state index contributed by atoms with van der Waals surface area (Å²) >= 11 is 0. The van der Waals surface area contributed by atoms with Crippen molar-refractivity contribution >= 4 is 0 Å².